The van der Waals surface area contributed by atoms with Gasteiger partial charge in [-0.2, -0.15) is 0 Å². The summed E-state index contributed by atoms with van der Waals surface area (Å²) in [7, 11) is 0. The first kappa shape index (κ1) is 9.66. The summed E-state index contributed by atoms with van der Waals surface area (Å²) >= 11 is 0. The summed E-state index contributed by atoms with van der Waals surface area (Å²) in [5.74, 6) is 0. The van der Waals surface area contributed by atoms with E-state index in [1.165, 1.54) is 0 Å². The quantitative estimate of drug-likeness (QED) is 0.293. The maximum Gasteiger partial charge on any atom is 0.0537 e. The molecule has 0 aromatic heterocycles. The lowest BCUT2D eigenvalue weighted by Gasteiger charge is -1.81. The molecule has 0 fully saturated rings. The molecule has 0 aromatic rings. The molecule has 3 N–H and O–H groups in total. The molecule has 0 unspecified atom stereocenters. The molecule has 0 amide bonds. The Bertz CT molecular complexity index is 60.7. The second-order valence-electron chi connectivity index (χ2n) is 1.19. The van der Waals surface area contributed by atoms with E-state index < -0.39 is 0 Å². The van der Waals surface area contributed by atoms with E-state index in [0.717, 1.165) is 12.1 Å². The Balaban J connectivity index is 0. The zero-order valence-corrected chi connectivity index (χ0v) is 4.60. The maximum atomic E-state index is 7.92. The molecular weight excluding hydrogens is 94.0 g/mol. The lowest BCUT2D eigenvalue weighted by atomic mass is 10.3. The topological polar surface area (TPSA) is 64.1 Å². The SMILES string of the molecule is CCC(C)=NO.O. The van der Waals surface area contributed by atoms with E-state index in [0.29, 0.717) is 0 Å². The van der Waals surface area contributed by atoms with Crippen LogP contribution in [0.2, 0.25) is 0 Å². The number of hydrogen-bond donors (Lipinski definition) is 1. The number of hydrogen-bond acceptors (Lipinski definition) is 2. The largest absolute Gasteiger partial charge is 0.412 e. The van der Waals surface area contributed by atoms with Gasteiger partial charge in [0.05, 0.1) is 5.71 Å². The second kappa shape index (κ2) is 5.43. The average molecular weight is 105 g/mol. The van der Waals surface area contributed by atoms with E-state index in [1.807, 2.05) is 6.92 Å². The molecule has 3 nitrogen and oxygen atoms in total. The highest BCUT2D eigenvalue weighted by Gasteiger charge is 1.77. The Morgan fingerprint density at radius 1 is 1.71 bits per heavy atom. The zero-order valence-electron chi connectivity index (χ0n) is 4.60. The molecule has 0 heterocycles. The smallest absolute Gasteiger partial charge is 0.0537 e. The van der Waals surface area contributed by atoms with Crippen molar-refractivity contribution in [2.45, 2.75) is 20.3 Å². The molecule has 0 radical (unpaired) electrons. The number of rotatable bonds is 1. The van der Waals surface area contributed by atoms with Crippen LogP contribution >= 0.6 is 0 Å². The molecule has 44 valence electrons. The Morgan fingerprint density at radius 2 is 2.14 bits per heavy atom. The van der Waals surface area contributed by atoms with Crippen molar-refractivity contribution in [3.8, 4) is 0 Å². The molecule has 0 aliphatic carbocycles. The highest BCUT2D eigenvalue weighted by Crippen LogP contribution is 1.78. The van der Waals surface area contributed by atoms with Crippen molar-refractivity contribution in [2.75, 3.05) is 0 Å². The van der Waals surface area contributed by atoms with Gasteiger partial charge in [0.25, 0.3) is 0 Å². The van der Waals surface area contributed by atoms with Crippen LogP contribution in [-0.2, 0) is 0 Å². The van der Waals surface area contributed by atoms with Crippen LogP contribution in [0.1, 0.15) is 20.3 Å². The minimum absolute atomic E-state index is 0. The van der Waals surface area contributed by atoms with Gasteiger partial charge >= 0.3 is 0 Å². The van der Waals surface area contributed by atoms with Gasteiger partial charge in [0.1, 0.15) is 0 Å². The molecular formula is C4H11NO2. The van der Waals surface area contributed by atoms with E-state index in [-0.39, 0.29) is 5.48 Å². The van der Waals surface area contributed by atoms with Crippen molar-refractivity contribution in [3.05, 3.63) is 0 Å². The summed E-state index contributed by atoms with van der Waals surface area (Å²) in [6.07, 6.45) is 0.830. The monoisotopic (exact) mass is 105 g/mol. The predicted octanol–water partition coefficient (Wildman–Crippen LogP) is 0.422. The maximum absolute atomic E-state index is 7.92. The van der Waals surface area contributed by atoms with Gasteiger partial charge in [0, 0.05) is 0 Å². The molecule has 0 saturated heterocycles. The molecule has 0 saturated carbocycles. The number of nitrogens with zero attached hydrogens (tertiary/aromatic N) is 1. The van der Waals surface area contributed by atoms with Gasteiger partial charge in [-0.3, -0.25) is 0 Å². The third-order valence-electron chi connectivity index (χ3n) is 0.682. The molecule has 0 aliphatic rings. The Morgan fingerprint density at radius 3 is 2.14 bits per heavy atom. The second-order valence-corrected chi connectivity index (χ2v) is 1.19. The highest BCUT2D eigenvalue weighted by atomic mass is 16.4. The summed E-state index contributed by atoms with van der Waals surface area (Å²) in [4.78, 5) is 0. The third-order valence-corrected chi connectivity index (χ3v) is 0.682. The Hall–Kier alpha value is -0.570. The first-order chi connectivity index (χ1) is 2.81. The van der Waals surface area contributed by atoms with Crippen molar-refractivity contribution in [1.82, 2.24) is 0 Å². The summed E-state index contributed by atoms with van der Waals surface area (Å²) in [5.41, 5.74) is 0.773. The van der Waals surface area contributed by atoms with Crippen LogP contribution in [0.5, 0.6) is 0 Å². The fraction of sp³-hybridized carbons (Fsp3) is 0.750. The molecule has 0 rings (SSSR count). The predicted molar refractivity (Wildman–Crippen MR) is 28.8 cm³/mol. The number of oxime groups is 1. The lowest BCUT2D eigenvalue weighted by molar-refractivity contribution is 0.317. The van der Waals surface area contributed by atoms with E-state index >= 15 is 0 Å². The molecule has 3 heteroatoms. The third kappa shape index (κ3) is 5.43. The van der Waals surface area contributed by atoms with Gasteiger partial charge in [-0.05, 0) is 13.3 Å². The van der Waals surface area contributed by atoms with E-state index in [9.17, 15) is 0 Å². The van der Waals surface area contributed by atoms with Gasteiger partial charge in [-0.15, -0.1) is 0 Å². The first-order valence-electron chi connectivity index (χ1n) is 1.98. The van der Waals surface area contributed by atoms with Gasteiger partial charge in [0.2, 0.25) is 0 Å². The van der Waals surface area contributed by atoms with Crippen LogP contribution in [-0.4, -0.2) is 16.4 Å². The van der Waals surface area contributed by atoms with E-state index in [2.05, 4.69) is 5.16 Å². The van der Waals surface area contributed by atoms with Crippen molar-refractivity contribution in [1.29, 1.82) is 0 Å². The van der Waals surface area contributed by atoms with Crippen molar-refractivity contribution in [2.24, 2.45) is 5.16 Å². The average Bonchev–Trinajstić information content (AvgIpc) is 1.65. The molecule has 0 aliphatic heterocycles. The van der Waals surface area contributed by atoms with Crippen LogP contribution in [0.4, 0.5) is 0 Å². The van der Waals surface area contributed by atoms with Crippen LogP contribution in [0.15, 0.2) is 5.16 Å². The fourth-order valence-electron chi connectivity index (χ4n) is 0.0707. The van der Waals surface area contributed by atoms with Gasteiger partial charge in [-0.25, -0.2) is 0 Å². The van der Waals surface area contributed by atoms with Gasteiger partial charge in [0.15, 0.2) is 0 Å². The highest BCUT2D eigenvalue weighted by molar-refractivity contribution is 5.80. The molecule has 0 atom stereocenters. The molecule has 0 aromatic carbocycles. The molecule has 0 bridgehead atoms. The van der Waals surface area contributed by atoms with Crippen LogP contribution in [0.3, 0.4) is 0 Å². The van der Waals surface area contributed by atoms with Gasteiger partial charge in [-0.1, -0.05) is 12.1 Å². The lowest BCUT2D eigenvalue weighted by Crippen LogP contribution is -1.83. The van der Waals surface area contributed by atoms with Crippen LogP contribution in [0.25, 0.3) is 0 Å². The zero-order chi connectivity index (χ0) is 4.99. The van der Waals surface area contributed by atoms with Crippen LogP contribution in [0, 0.1) is 0 Å². The van der Waals surface area contributed by atoms with Crippen molar-refractivity contribution in [3.63, 3.8) is 0 Å². The summed E-state index contributed by atoms with van der Waals surface area (Å²) in [6, 6.07) is 0. The fourth-order valence-corrected chi connectivity index (χ4v) is 0.0707. The summed E-state index contributed by atoms with van der Waals surface area (Å²) in [5, 5.41) is 10.8. The molecule has 7 heavy (non-hydrogen) atoms. The standard InChI is InChI=1S/C4H9NO.H2O/c1-3-4(2)5-6;/h6H,3H2,1-2H3;1H2. The van der Waals surface area contributed by atoms with E-state index in [1.54, 1.807) is 6.92 Å². The van der Waals surface area contributed by atoms with E-state index in [4.69, 9.17) is 5.21 Å². The van der Waals surface area contributed by atoms with Crippen molar-refractivity contribution < 1.29 is 10.7 Å². The Labute approximate surface area is 43.0 Å². The Kier molecular flexibility index (Phi) is 7.49. The van der Waals surface area contributed by atoms with Gasteiger partial charge < -0.3 is 10.7 Å². The summed E-state index contributed by atoms with van der Waals surface area (Å²) in [6.45, 7) is 3.72. The van der Waals surface area contributed by atoms with Crippen LogP contribution < -0.4 is 0 Å². The van der Waals surface area contributed by atoms with Crippen molar-refractivity contribution >= 4 is 5.71 Å². The minimum Gasteiger partial charge on any atom is -0.412 e. The molecule has 0 spiro atoms. The normalized spacial score (nSPS) is 10.3. The summed E-state index contributed by atoms with van der Waals surface area (Å²) < 4.78 is 0. The minimum atomic E-state index is 0. The first-order valence-corrected chi connectivity index (χ1v) is 1.98.